The van der Waals surface area contributed by atoms with E-state index in [2.05, 4.69) is 5.32 Å². The Kier molecular flexibility index (Phi) is 5.49. The summed E-state index contributed by atoms with van der Waals surface area (Å²) in [5.74, 6) is 0.219. The van der Waals surface area contributed by atoms with Gasteiger partial charge in [-0.05, 0) is 74.2 Å². The van der Waals surface area contributed by atoms with E-state index in [9.17, 15) is 13.2 Å². The third-order valence-electron chi connectivity index (χ3n) is 4.09. The summed E-state index contributed by atoms with van der Waals surface area (Å²) in [6.45, 7) is 7.33. The fourth-order valence-corrected chi connectivity index (χ4v) is 2.88. The van der Waals surface area contributed by atoms with Gasteiger partial charge in [0.05, 0.1) is 4.90 Å². The van der Waals surface area contributed by atoms with E-state index in [-0.39, 0.29) is 17.4 Å². The van der Waals surface area contributed by atoms with Crippen LogP contribution in [0.15, 0.2) is 35.2 Å². The molecule has 0 aliphatic heterocycles. The highest BCUT2D eigenvalue weighted by Gasteiger charge is 2.14. The van der Waals surface area contributed by atoms with E-state index in [1.807, 2.05) is 26.0 Å². The Morgan fingerprint density at radius 3 is 2.32 bits per heavy atom. The number of aryl methyl sites for hydroxylation is 3. The van der Waals surface area contributed by atoms with Gasteiger partial charge in [0, 0.05) is 5.69 Å². The first-order chi connectivity index (χ1) is 11.6. The van der Waals surface area contributed by atoms with Crippen molar-refractivity contribution in [3.8, 4) is 5.75 Å². The first-order valence-corrected chi connectivity index (χ1v) is 9.26. The molecule has 0 fully saturated rings. The van der Waals surface area contributed by atoms with Gasteiger partial charge in [-0.2, -0.15) is 0 Å². The number of anilines is 1. The van der Waals surface area contributed by atoms with E-state index in [0.717, 1.165) is 22.3 Å². The van der Waals surface area contributed by atoms with Crippen LogP contribution in [0, 0.1) is 27.7 Å². The van der Waals surface area contributed by atoms with Crippen LogP contribution in [-0.2, 0) is 14.8 Å². The van der Waals surface area contributed by atoms with Crippen molar-refractivity contribution in [3.63, 3.8) is 0 Å². The first-order valence-electron chi connectivity index (χ1n) is 7.72. The molecule has 0 atom stereocenters. The predicted molar refractivity (Wildman–Crippen MR) is 97.3 cm³/mol. The number of nitrogens with one attached hydrogen (secondary N) is 1. The van der Waals surface area contributed by atoms with Gasteiger partial charge in [-0.15, -0.1) is 0 Å². The lowest BCUT2D eigenvalue weighted by Crippen LogP contribution is -2.21. The van der Waals surface area contributed by atoms with Gasteiger partial charge in [0.25, 0.3) is 5.91 Å². The predicted octanol–water partition coefficient (Wildman–Crippen LogP) is 2.59. The molecule has 6 nitrogen and oxygen atoms in total. The van der Waals surface area contributed by atoms with Crippen molar-refractivity contribution < 1.29 is 17.9 Å². The number of rotatable bonds is 5. The zero-order chi connectivity index (χ0) is 18.8. The average Bonchev–Trinajstić information content (AvgIpc) is 2.51. The average molecular weight is 362 g/mol. The molecule has 0 saturated carbocycles. The first kappa shape index (κ1) is 19.0. The lowest BCUT2D eigenvalue weighted by Gasteiger charge is -2.13. The Labute approximate surface area is 148 Å². The molecule has 0 bridgehead atoms. The van der Waals surface area contributed by atoms with E-state index in [1.165, 1.54) is 12.1 Å². The minimum atomic E-state index is -3.85. The smallest absolute Gasteiger partial charge is 0.262 e. The van der Waals surface area contributed by atoms with Crippen molar-refractivity contribution in [2.24, 2.45) is 5.14 Å². The van der Waals surface area contributed by atoms with Gasteiger partial charge in [-0.3, -0.25) is 4.79 Å². The van der Waals surface area contributed by atoms with E-state index in [1.54, 1.807) is 19.9 Å². The Morgan fingerprint density at radius 2 is 1.72 bits per heavy atom. The number of nitrogens with two attached hydrogens (primary N) is 1. The summed E-state index contributed by atoms with van der Waals surface area (Å²) in [6.07, 6.45) is 0. The van der Waals surface area contributed by atoms with Gasteiger partial charge >= 0.3 is 0 Å². The maximum atomic E-state index is 12.1. The largest absolute Gasteiger partial charge is 0.484 e. The van der Waals surface area contributed by atoms with Crippen molar-refractivity contribution in [1.29, 1.82) is 0 Å². The van der Waals surface area contributed by atoms with Gasteiger partial charge in [-0.25, -0.2) is 13.6 Å². The van der Waals surface area contributed by atoms with E-state index in [4.69, 9.17) is 9.88 Å². The number of ether oxygens (including phenoxy) is 1. The van der Waals surface area contributed by atoms with Crippen molar-refractivity contribution in [3.05, 3.63) is 52.6 Å². The topological polar surface area (TPSA) is 98.5 Å². The van der Waals surface area contributed by atoms with Crippen LogP contribution in [0.1, 0.15) is 22.3 Å². The lowest BCUT2D eigenvalue weighted by molar-refractivity contribution is -0.118. The number of hydrogen-bond acceptors (Lipinski definition) is 4. The molecule has 2 aromatic rings. The fourth-order valence-electron chi connectivity index (χ4n) is 2.26. The summed E-state index contributed by atoms with van der Waals surface area (Å²) in [5, 5.41) is 7.85. The van der Waals surface area contributed by atoms with E-state index in [0.29, 0.717) is 11.4 Å². The van der Waals surface area contributed by atoms with Crippen molar-refractivity contribution in [1.82, 2.24) is 0 Å². The van der Waals surface area contributed by atoms with Crippen LogP contribution >= 0.6 is 0 Å². The fraction of sp³-hybridized carbons (Fsp3) is 0.278. The zero-order valence-electron chi connectivity index (χ0n) is 14.7. The van der Waals surface area contributed by atoms with E-state index >= 15 is 0 Å². The van der Waals surface area contributed by atoms with Crippen molar-refractivity contribution in [2.45, 2.75) is 32.6 Å². The maximum Gasteiger partial charge on any atom is 0.262 e. The summed E-state index contributed by atoms with van der Waals surface area (Å²) in [5.41, 5.74) is 4.11. The van der Waals surface area contributed by atoms with Crippen LogP contribution in [0.3, 0.4) is 0 Å². The molecule has 0 saturated heterocycles. The Balaban J connectivity index is 2.12. The second kappa shape index (κ2) is 7.25. The molecule has 0 aromatic heterocycles. The zero-order valence-corrected chi connectivity index (χ0v) is 15.5. The molecule has 0 aliphatic carbocycles. The minimum absolute atomic E-state index is 0.0408. The quantitative estimate of drug-likeness (QED) is 0.854. The lowest BCUT2D eigenvalue weighted by atomic mass is 10.1. The molecule has 3 N–H and O–H groups in total. The molecular formula is C18H22N2O4S. The molecule has 0 unspecified atom stereocenters. The number of amides is 1. The summed E-state index contributed by atoms with van der Waals surface area (Å²) in [6, 6.07) is 8.41. The Bertz CT molecular complexity index is 921. The third kappa shape index (κ3) is 4.80. The molecular weight excluding hydrogens is 340 g/mol. The standard InChI is InChI=1S/C18H22N2O4S/c1-11-5-6-15(7-12(11)2)24-10-18(21)20-17-9-16(25(19,22)23)8-13(3)14(17)4/h5-9H,10H2,1-4H3,(H,20,21)(H2,19,22,23). The molecule has 2 rings (SSSR count). The Hall–Kier alpha value is -2.38. The van der Waals surface area contributed by atoms with Crippen LogP contribution in [0.4, 0.5) is 5.69 Å². The van der Waals surface area contributed by atoms with Crippen LogP contribution in [0.2, 0.25) is 0 Å². The SMILES string of the molecule is Cc1ccc(OCC(=O)Nc2cc(S(N)(=O)=O)cc(C)c2C)cc1C. The highest BCUT2D eigenvalue weighted by Crippen LogP contribution is 2.23. The molecule has 0 heterocycles. The Morgan fingerprint density at radius 1 is 1.04 bits per heavy atom. The van der Waals surface area contributed by atoms with Gasteiger partial charge in [0.1, 0.15) is 5.75 Å². The number of carbonyl (C=O) groups is 1. The van der Waals surface area contributed by atoms with Gasteiger partial charge < -0.3 is 10.1 Å². The van der Waals surface area contributed by atoms with Crippen LogP contribution in [-0.4, -0.2) is 20.9 Å². The van der Waals surface area contributed by atoms with Gasteiger partial charge in [-0.1, -0.05) is 6.07 Å². The summed E-state index contributed by atoms with van der Waals surface area (Å²) in [4.78, 5) is 12.1. The second-order valence-corrected chi connectivity index (χ2v) is 7.60. The summed E-state index contributed by atoms with van der Waals surface area (Å²) >= 11 is 0. The van der Waals surface area contributed by atoms with Crippen LogP contribution in [0.25, 0.3) is 0 Å². The maximum absolute atomic E-state index is 12.1. The van der Waals surface area contributed by atoms with Crippen molar-refractivity contribution in [2.75, 3.05) is 11.9 Å². The highest BCUT2D eigenvalue weighted by molar-refractivity contribution is 7.89. The number of sulfonamides is 1. The molecule has 134 valence electrons. The van der Waals surface area contributed by atoms with Crippen LogP contribution < -0.4 is 15.2 Å². The van der Waals surface area contributed by atoms with Gasteiger partial charge in [0.2, 0.25) is 10.0 Å². The molecule has 1 amide bonds. The highest BCUT2D eigenvalue weighted by atomic mass is 32.2. The third-order valence-corrected chi connectivity index (χ3v) is 4.98. The number of hydrogen-bond donors (Lipinski definition) is 2. The number of benzene rings is 2. The number of primary sulfonamides is 1. The normalized spacial score (nSPS) is 11.2. The molecule has 0 radical (unpaired) electrons. The van der Waals surface area contributed by atoms with E-state index < -0.39 is 10.0 Å². The molecule has 0 aliphatic rings. The van der Waals surface area contributed by atoms with Gasteiger partial charge in [0.15, 0.2) is 6.61 Å². The van der Waals surface area contributed by atoms with Crippen molar-refractivity contribution >= 4 is 21.6 Å². The molecule has 0 spiro atoms. The second-order valence-electron chi connectivity index (χ2n) is 6.04. The molecule has 25 heavy (non-hydrogen) atoms. The van der Waals surface area contributed by atoms with Crippen LogP contribution in [0.5, 0.6) is 5.75 Å². The molecule has 7 heteroatoms. The number of carbonyl (C=O) groups excluding carboxylic acids is 1. The summed E-state index contributed by atoms with van der Waals surface area (Å²) in [7, 11) is -3.85. The monoisotopic (exact) mass is 362 g/mol. The minimum Gasteiger partial charge on any atom is -0.484 e. The summed E-state index contributed by atoms with van der Waals surface area (Å²) < 4.78 is 28.6. The molecule has 2 aromatic carbocycles.